The molecule has 0 saturated heterocycles. The van der Waals surface area contributed by atoms with Crippen molar-refractivity contribution in [3.05, 3.63) is 42.7 Å². The Morgan fingerprint density at radius 2 is 1.90 bits per heavy atom. The van der Waals surface area contributed by atoms with Crippen molar-refractivity contribution in [3.8, 4) is 11.6 Å². The molecule has 2 heterocycles. The van der Waals surface area contributed by atoms with Crippen molar-refractivity contribution in [1.82, 2.24) is 14.8 Å². The molecule has 3 aromatic rings. The fourth-order valence-corrected chi connectivity index (χ4v) is 4.99. The molecule has 1 aliphatic rings. The van der Waals surface area contributed by atoms with Gasteiger partial charge in [-0.2, -0.15) is 0 Å². The molecule has 3 N–H and O–H groups in total. The fourth-order valence-electron chi connectivity index (χ4n) is 3.67. The summed E-state index contributed by atoms with van der Waals surface area (Å²) in [5.41, 5.74) is 0.489. The number of nitrogens with one attached hydrogen (secondary N) is 1. The van der Waals surface area contributed by atoms with Crippen LogP contribution >= 0.6 is 11.8 Å². The van der Waals surface area contributed by atoms with Gasteiger partial charge in [0.2, 0.25) is 21.8 Å². The summed E-state index contributed by atoms with van der Waals surface area (Å²) in [5, 5.41) is 17.2. The van der Waals surface area contributed by atoms with Gasteiger partial charge in [-0.15, -0.1) is 10.2 Å². The minimum atomic E-state index is -3.77. The third kappa shape index (κ3) is 5.17. The van der Waals surface area contributed by atoms with Crippen molar-refractivity contribution in [2.75, 3.05) is 11.1 Å². The Morgan fingerprint density at radius 1 is 1.16 bits per heavy atom. The molecule has 0 aliphatic heterocycles. The lowest BCUT2D eigenvalue weighted by Gasteiger charge is -2.25. The molecule has 0 atom stereocenters. The van der Waals surface area contributed by atoms with Gasteiger partial charge in [-0.25, -0.2) is 13.6 Å². The van der Waals surface area contributed by atoms with E-state index in [0.717, 1.165) is 25.7 Å². The summed E-state index contributed by atoms with van der Waals surface area (Å²) in [7, 11) is -3.77. The van der Waals surface area contributed by atoms with Gasteiger partial charge in [0.25, 0.3) is 0 Å². The van der Waals surface area contributed by atoms with E-state index in [0.29, 0.717) is 22.4 Å². The molecule has 1 saturated carbocycles. The van der Waals surface area contributed by atoms with Crippen LogP contribution in [0.2, 0.25) is 0 Å². The molecule has 0 spiro atoms. The standard InChI is InChI=1S/C20H23N5O4S2/c21-31(27,28)16-10-8-14(9-11-16)22-18(26)13-30-20-24-23-19(17-7-4-12-29-17)25(20)15-5-2-1-3-6-15/h4,7-12,15H,1-3,5-6,13H2,(H,22,26)(H2,21,27,28). The average molecular weight is 462 g/mol. The van der Waals surface area contributed by atoms with Gasteiger partial charge in [-0.1, -0.05) is 31.0 Å². The van der Waals surface area contributed by atoms with Crippen LogP contribution in [-0.2, 0) is 14.8 Å². The van der Waals surface area contributed by atoms with E-state index < -0.39 is 10.0 Å². The monoisotopic (exact) mass is 461 g/mol. The zero-order valence-corrected chi connectivity index (χ0v) is 18.4. The van der Waals surface area contributed by atoms with E-state index in [1.54, 1.807) is 6.26 Å². The lowest BCUT2D eigenvalue weighted by Crippen LogP contribution is -2.17. The highest BCUT2D eigenvalue weighted by atomic mass is 32.2. The summed E-state index contributed by atoms with van der Waals surface area (Å²) in [4.78, 5) is 12.4. The van der Waals surface area contributed by atoms with Crippen LogP contribution in [0.1, 0.15) is 38.1 Å². The van der Waals surface area contributed by atoms with Crippen LogP contribution in [0.5, 0.6) is 0 Å². The Bertz CT molecular complexity index is 1130. The molecule has 9 nitrogen and oxygen atoms in total. The van der Waals surface area contributed by atoms with E-state index in [1.165, 1.54) is 42.4 Å². The second-order valence-corrected chi connectivity index (χ2v) is 9.86. The van der Waals surface area contributed by atoms with E-state index in [-0.39, 0.29) is 22.6 Å². The topological polar surface area (TPSA) is 133 Å². The number of thioether (sulfide) groups is 1. The van der Waals surface area contributed by atoms with Crippen molar-refractivity contribution in [1.29, 1.82) is 0 Å². The molecule has 2 aromatic heterocycles. The van der Waals surface area contributed by atoms with Crippen LogP contribution in [0.15, 0.2) is 57.1 Å². The maximum atomic E-state index is 12.4. The molecule has 0 radical (unpaired) electrons. The van der Waals surface area contributed by atoms with E-state index in [1.807, 2.05) is 12.1 Å². The second kappa shape index (κ2) is 9.25. The minimum Gasteiger partial charge on any atom is -0.461 e. The van der Waals surface area contributed by atoms with Crippen molar-refractivity contribution >= 4 is 33.4 Å². The van der Waals surface area contributed by atoms with Gasteiger partial charge >= 0.3 is 0 Å². The maximum absolute atomic E-state index is 12.4. The number of amides is 1. The van der Waals surface area contributed by atoms with Gasteiger partial charge in [0.1, 0.15) is 0 Å². The van der Waals surface area contributed by atoms with Gasteiger partial charge < -0.3 is 9.73 Å². The van der Waals surface area contributed by atoms with Crippen LogP contribution in [0.3, 0.4) is 0 Å². The first-order valence-electron chi connectivity index (χ1n) is 9.96. The van der Waals surface area contributed by atoms with Gasteiger partial charge in [0.15, 0.2) is 10.9 Å². The Balaban J connectivity index is 1.46. The van der Waals surface area contributed by atoms with Crippen LogP contribution < -0.4 is 10.5 Å². The highest BCUT2D eigenvalue weighted by Gasteiger charge is 2.25. The molecule has 1 amide bonds. The number of furan rings is 1. The van der Waals surface area contributed by atoms with E-state index in [9.17, 15) is 13.2 Å². The maximum Gasteiger partial charge on any atom is 0.238 e. The first-order chi connectivity index (χ1) is 14.9. The zero-order chi connectivity index (χ0) is 21.8. The molecule has 4 rings (SSSR count). The third-order valence-electron chi connectivity index (χ3n) is 5.14. The molecule has 31 heavy (non-hydrogen) atoms. The summed E-state index contributed by atoms with van der Waals surface area (Å²) in [6.45, 7) is 0. The first kappa shape index (κ1) is 21.6. The number of nitrogens with two attached hydrogens (primary N) is 1. The average Bonchev–Trinajstić information content (AvgIpc) is 3.42. The Hall–Kier alpha value is -2.63. The normalized spacial score (nSPS) is 15.1. The molecule has 164 valence electrons. The number of sulfonamides is 1. The Kier molecular flexibility index (Phi) is 6.44. The number of primary sulfonamides is 1. The number of anilines is 1. The van der Waals surface area contributed by atoms with E-state index in [4.69, 9.17) is 9.56 Å². The third-order valence-corrected chi connectivity index (χ3v) is 7.02. The highest BCUT2D eigenvalue weighted by Crippen LogP contribution is 2.35. The number of rotatable bonds is 7. The number of hydrogen-bond acceptors (Lipinski definition) is 7. The number of nitrogens with zero attached hydrogens (tertiary/aromatic N) is 3. The van der Waals surface area contributed by atoms with Crippen molar-refractivity contribution in [2.24, 2.45) is 5.14 Å². The number of aromatic nitrogens is 3. The summed E-state index contributed by atoms with van der Waals surface area (Å²) >= 11 is 1.31. The number of carbonyl (C=O) groups is 1. The molecule has 1 fully saturated rings. The molecule has 1 aliphatic carbocycles. The first-order valence-corrected chi connectivity index (χ1v) is 12.5. The zero-order valence-electron chi connectivity index (χ0n) is 16.7. The van der Waals surface area contributed by atoms with Crippen LogP contribution in [0.4, 0.5) is 5.69 Å². The van der Waals surface area contributed by atoms with Crippen LogP contribution in [0, 0.1) is 0 Å². The van der Waals surface area contributed by atoms with Gasteiger partial charge in [0, 0.05) is 11.7 Å². The van der Waals surface area contributed by atoms with E-state index in [2.05, 4.69) is 20.1 Å². The quantitative estimate of drug-likeness (QED) is 0.515. The summed E-state index contributed by atoms with van der Waals surface area (Å²) in [5.74, 6) is 1.24. The molecular weight excluding hydrogens is 438 g/mol. The van der Waals surface area contributed by atoms with Crippen LogP contribution in [0.25, 0.3) is 11.6 Å². The van der Waals surface area contributed by atoms with Crippen LogP contribution in [-0.4, -0.2) is 34.8 Å². The summed E-state index contributed by atoms with van der Waals surface area (Å²) < 4.78 is 30.3. The molecule has 0 unspecified atom stereocenters. The van der Waals surface area contributed by atoms with Gasteiger partial charge in [-0.05, 0) is 49.2 Å². The predicted octanol–water partition coefficient (Wildman–Crippen LogP) is 3.42. The SMILES string of the molecule is NS(=O)(=O)c1ccc(NC(=O)CSc2nnc(-c3ccco3)n2C2CCCCC2)cc1. The summed E-state index contributed by atoms with van der Waals surface area (Å²) in [6, 6.07) is 9.66. The van der Waals surface area contributed by atoms with Gasteiger partial charge in [0.05, 0.1) is 16.9 Å². The largest absolute Gasteiger partial charge is 0.461 e. The highest BCUT2D eigenvalue weighted by molar-refractivity contribution is 7.99. The Labute approximate surface area is 184 Å². The Morgan fingerprint density at radius 3 is 2.55 bits per heavy atom. The molecular formula is C20H23N5O4S2. The molecule has 0 bridgehead atoms. The van der Waals surface area contributed by atoms with Gasteiger partial charge in [-0.3, -0.25) is 9.36 Å². The number of hydrogen-bond donors (Lipinski definition) is 2. The smallest absolute Gasteiger partial charge is 0.238 e. The number of carbonyl (C=O) groups excluding carboxylic acids is 1. The van der Waals surface area contributed by atoms with E-state index >= 15 is 0 Å². The van der Waals surface area contributed by atoms with Crippen molar-refractivity contribution in [3.63, 3.8) is 0 Å². The second-order valence-electron chi connectivity index (χ2n) is 7.35. The molecule has 1 aromatic carbocycles. The fraction of sp³-hybridized carbons (Fsp3) is 0.350. The minimum absolute atomic E-state index is 0.00841. The lowest BCUT2D eigenvalue weighted by molar-refractivity contribution is -0.113. The van der Waals surface area contributed by atoms with Crippen molar-refractivity contribution < 1.29 is 17.6 Å². The summed E-state index contributed by atoms with van der Waals surface area (Å²) in [6.07, 6.45) is 7.23. The predicted molar refractivity (Wildman–Crippen MR) is 117 cm³/mol. The van der Waals surface area contributed by atoms with Crippen molar-refractivity contribution in [2.45, 2.75) is 48.2 Å². The molecule has 11 heteroatoms. The lowest BCUT2D eigenvalue weighted by atomic mass is 9.95. The number of benzene rings is 1.